The zero-order valence-corrected chi connectivity index (χ0v) is 10.9. The third kappa shape index (κ3) is 3.02. The molecule has 20 heavy (non-hydrogen) atoms. The summed E-state index contributed by atoms with van der Waals surface area (Å²) in [4.78, 5) is 10.4. The topological polar surface area (TPSA) is 127 Å². The molecule has 1 aliphatic rings. The number of aliphatic hydroxyl groups is 3. The number of ether oxygens (including phenoxy) is 2. The summed E-state index contributed by atoms with van der Waals surface area (Å²) in [6, 6.07) is 0. The Morgan fingerprint density at radius 3 is 2.85 bits per heavy atom. The molecule has 2 heterocycles. The molecule has 112 valence electrons. The van der Waals surface area contributed by atoms with Gasteiger partial charge in [0.05, 0.1) is 31.1 Å². The first-order valence-electron chi connectivity index (χ1n) is 6.17. The van der Waals surface area contributed by atoms with Gasteiger partial charge in [0, 0.05) is 0 Å². The normalized spacial score (nSPS) is 34.1. The van der Waals surface area contributed by atoms with Gasteiger partial charge in [0.15, 0.2) is 6.29 Å². The van der Waals surface area contributed by atoms with Crippen molar-refractivity contribution in [3.05, 3.63) is 11.9 Å². The zero-order valence-electron chi connectivity index (χ0n) is 10.9. The SMILES string of the molecule is C[C@@H]1O[C@@H](OCc2cnnn2CC=O)[C@@H](O)[C@H](O)[C@@H]1O. The number of carbonyl (C=O) groups excluding carboxylic acids is 1. The van der Waals surface area contributed by atoms with E-state index in [0.717, 1.165) is 0 Å². The number of hydrogen-bond acceptors (Lipinski definition) is 8. The summed E-state index contributed by atoms with van der Waals surface area (Å²) in [5.41, 5.74) is 0.529. The number of aldehydes is 1. The maximum absolute atomic E-state index is 10.4. The third-order valence-electron chi connectivity index (χ3n) is 3.15. The number of rotatable bonds is 5. The Balaban J connectivity index is 1.96. The van der Waals surface area contributed by atoms with Crippen LogP contribution in [0.25, 0.3) is 0 Å². The van der Waals surface area contributed by atoms with Gasteiger partial charge >= 0.3 is 0 Å². The average Bonchev–Trinajstić information content (AvgIpc) is 2.87. The molecular weight excluding hydrogens is 270 g/mol. The van der Waals surface area contributed by atoms with Gasteiger partial charge in [-0.15, -0.1) is 5.10 Å². The molecule has 9 nitrogen and oxygen atoms in total. The van der Waals surface area contributed by atoms with Crippen molar-refractivity contribution in [2.24, 2.45) is 0 Å². The minimum absolute atomic E-state index is 0.00188. The van der Waals surface area contributed by atoms with E-state index in [4.69, 9.17) is 9.47 Å². The van der Waals surface area contributed by atoms with E-state index >= 15 is 0 Å². The van der Waals surface area contributed by atoms with Crippen LogP contribution >= 0.6 is 0 Å². The Bertz CT molecular complexity index is 453. The van der Waals surface area contributed by atoms with Crippen molar-refractivity contribution in [1.82, 2.24) is 15.0 Å². The number of aliphatic hydroxyl groups excluding tert-OH is 3. The molecule has 5 atom stereocenters. The monoisotopic (exact) mass is 287 g/mol. The molecule has 0 aromatic carbocycles. The van der Waals surface area contributed by atoms with Crippen molar-refractivity contribution in [2.75, 3.05) is 0 Å². The molecule has 0 aliphatic carbocycles. The molecule has 9 heteroatoms. The van der Waals surface area contributed by atoms with Gasteiger partial charge in [0.25, 0.3) is 0 Å². The Kier molecular flexibility index (Phi) is 4.78. The van der Waals surface area contributed by atoms with Crippen LogP contribution in [0.4, 0.5) is 0 Å². The highest BCUT2D eigenvalue weighted by Gasteiger charge is 2.42. The molecule has 0 amide bonds. The van der Waals surface area contributed by atoms with Crippen LogP contribution in [-0.2, 0) is 27.4 Å². The maximum Gasteiger partial charge on any atom is 0.186 e. The van der Waals surface area contributed by atoms with Crippen molar-refractivity contribution in [3.8, 4) is 0 Å². The molecule has 2 rings (SSSR count). The fraction of sp³-hybridized carbons (Fsp3) is 0.727. The van der Waals surface area contributed by atoms with E-state index < -0.39 is 30.7 Å². The average molecular weight is 287 g/mol. The second-order valence-electron chi connectivity index (χ2n) is 4.57. The van der Waals surface area contributed by atoms with Crippen LogP contribution in [0.2, 0.25) is 0 Å². The summed E-state index contributed by atoms with van der Waals surface area (Å²) in [5.74, 6) is 0. The van der Waals surface area contributed by atoms with E-state index in [1.54, 1.807) is 6.92 Å². The Morgan fingerprint density at radius 1 is 1.40 bits per heavy atom. The van der Waals surface area contributed by atoms with Crippen LogP contribution < -0.4 is 0 Å². The highest BCUT2D eigenvalue weighted by Crippen LogP contribution is 2.22. The second kappa shape index (κ2) is 6.37. The summed E-state index contributed by atoms with van der Waals surface area (Å²) in [7, 11) is 0. The van der Waals surface area contributed by atoms with Gasteiger partial charge in [-0.25, -0.2) is 4.68 Å². The van der Waals surface area contributed by atoms with Crippen LogP contribution in [0.1, 0.15) is 12.6 Å². The van der Waals surface area contributed by atoms with Crippen LogP contribution in [0.15, 0.2) is 6.20 Å². The molecule has 0 radical (unpaired) electrons. The highest BCUT2D eigenvalue weighted by molar-refractivity contribution is 5.48. The fourth-order valence-corrected chi connectivity index (χ4v) is 1.93. The number of aromatic nitrogens is 3. The first-order valence-corrected chi connectivity index (χ1v) is 6.17. The van der Waals surface area contributed by atoms with E-state index in [9.17, 15) is 20.1 Å². The van der Waals surface area contributed by atoms with Gasteiger partial charge in [0.2, 0.25) is 0 Å². The van der Waals surface area contributed by atoms with Crippen LogP contribution in [0.3, 0.4) is 0 Å². The van der Waals surface area contributed by atoms with Gasteiger partial charge in [-0.1, -0.05) is 5.21 Å². The molecule has 0 unspecified atom stereocenters. The van der Waals surface area contributed by atoms with E-state index in [-0.39, 0.29) is 13.2 Å². The maximum atomic E-state index is 10.4. The molecule has 3 N–H and O–H groups in total. The summed E-state index contributed by atoms with van der Waals surface area (Å²) >= 11 is 0. The Labute approximate surface area is 114 Å². The quantitative estimate of drug-likeness (QED) is 0.522. The molecule has 0 saturated carbocycles. The molecule has 1 saturated heterocycles. The van der Waals surface area contributed by atoms with Gasteiger partial charge in [-0.2, -0.15) is 0 Å². The van der Waals surface area contributed by atoms with Crippen molar-refractivity contribution < 1.29 is 29.6 Å². The largest absolute Gasteiger partial charge is 0.388 e. The lowest BCUT2D eigenvalue weighted by Gasteiger charge is -2.38. The lowest BCUT2D eigenvalue weighted by atomic mass is 10.0. The van der Waals surface area contributed by atoms with Crippen molar-refractivity contribution in [2.45, 2.75) is 50.8 Å². The summed E-state index contributed by atoms with van der Waals surface area (Å²) in [6.07, 6.45) is -3.54. The van der Waals surface area contributed by atoms with E-state index in [2.05, 4.69) is 10.3 Å². The predicted octanol–water partition coefficient (Wildman–Crippen LogP) is -2.18. The molecule has 1 aromatic rings. The van der Waals surface area contributed by atoms with E-state index in [1.165, 1.54) is 10.9 Å². The molecule has 1 fully saturated rings. The Morgan fingerprint density at radius 2 is 2.15 bits per heavy atom. The molecule has 0 spiro atoms. The standard InChI is InChI=1S/C11H17N3O6/c1-6-8(16)9(17)10(18)11(20-6)19-5-7-4-12-13-14(7)2-3-15/h3-4,6,8-11,16-18H,2,5H2,1H3/t6-,8+,9+,10-,11+/m0/s1. The molecule has 0 bridgehead atoms. The highest BCUT2D eigenvalue weighted by atomic mass is 16.7. The van der Waals surface area contributed by atoms with Gasteiger partial charge in [-0.3, -0.25) is 0 Å². The number of nitrogens with zero attached hydrogens (tertiary/aromatic N) is 3. The zero-order chi connectivity index (χ0) is 14.7. The van der Waals surface area contributed by atoms with Crippen LogP contribution in [-0.4, -0.2) is 67.3 Å². The molecule has 1 aromatic heterocycles. The summed E-state index contributed by atoms with van der Waals surface area (Å²) in [6.45, 7) is 1.61. The second-order valence-corrected chi connectivity index (χ2v) is 4.57. The third-order valence-corrected chi connectivity index (χ3v) is 3.15. The lowest BCUT2D eigenvalue weighted by Crippen LogP contribution is -2.57. The number of hydrogen-bond donors (Lipinski definition) is 3. The predicted molar refractivity (Wildman–Crippen MR) is 63.2 cm³/mol. The van der Waals surface area contributed by atoms with Gasteiger partial charge in [-0.05, 0) is 6.92 Å². The number of carbonyl (C=O) groups is 1. The van der Waals surface area contributed by atoms with Crippen molar-refractivity contribution in [1.29, 1.82) is 0 Å². The first-order chi connectivity index (χ1) is 9.54. The first kappa shape index (κ1) is 15.0. The summed E-state index contributed by atoms with van der Waals surface area (Å²) in [5, 5.41) is 36.3. The van der Waals surface area contributed by atoms with Crippen LogP contribution in [0.5, 0.6) is 0 Å². The molecule has 1 aliphatic heterocycles. The van der Waals surface area contributed by atoms with Gasteiger partial charge < -0.3 is 29.6 Å². The van der Waals surface area contributed by atoms with Crippen molar-refractivity contribution in [3.63, 3.8) is 0 Å². The van der Waals surface area contributed by atoms with E-state index in [1.807, 2.05) is 0 Å². The van der Waals surface area contributed by atoms with Crippen molar-refractivity contribution >= 4 is 6.29 Å². The van der Waals surface area contributed by atoms with Crippen LogP contribution in [0, 0.1) is 0 Å². The Hall–Kier alpha value is -1.39. The molecular formula is C11H17N3O6. The lowest BCUT2D eigenvalue weighted by molar-refractivity contribution is -0.296. The summed E-state index contributed by atoms with van der Waals surface area (Å²) < 4.78 is 12.0. The van der Waals surface area contributed by atoms with E-state index in [0.29, 0.717) is 12.0 Å². The van der Waals surface area contributed by atoms with Gasteiger partial charge in [0.1, 0.15) is 24.6 Å². The smallest absolute Gasteiger partial charge is 0.186 e. The fourth-order valence-electron chi connectivity index (χ4n) is 1.93. The minimum atomic E-state index is -1.36. The minimum Gasteiger partial charge on any atom is -0.388 e.